The molecule has 3 aliphatic rings. The normalized spacial score (nSPS) is 23.7. The van der Waals surface area contributed by atoms with E-state index in [4.69, 9.17) is 14.2 Å². The zero-order valence-electron chi connectivity index (χ0n) is 18.1. The van der Waals surface area contributed by atoms with Gasteiger partial charge < -0.3 is 19.1 Å². The van der Waals surface area contributed by atoms with Crippen LogP contribution in [-0.4, -0.2) is 37.3 Å². The van der Waals surface area contributed by atoms with Crippen molar-refractivity contribution in [3.8, 4) is 11.5 Å². The zero-order valence-corrected chi connectivity index (χ0v) is 18.1. The molecule has 5 nitrogen and oxygen atoms in total. The van der Waals surface area contributed by atoms with Crippen molar-refractivity contribution in [3.63, 3.8) is 0 Å². The van der Waals surface area contributed by atoms with Crippen LogP contribution in [0.4, 0.5) is 4.79 Å². The van der Waals surface area contributed by atoms with Gasteiger partial charge >= 0.3 is 6.16 Å². The highest BCUT2D eigenvalue weighted by molar-refractivity contribution is 5.63. The molecule has 2 aliphatic heterocycles. The number of ether oxygens (including phenoxy) is 3. The van der Waals surface area contributed by atoms with E-state index in [0.717, 1.165) is 37.2 Å². The highest BCUT2D eigenvalue weighted by Crippen LogP contribution is 2.52. The second-order valence-corrected chi connectivity index (χ2v) is 9.06. The Hall–Kier alpha value is -2.79. The van der Waals surface area contributed by atoms with Gasteiger partial charge in [-0.3, -0.25) is 0 Å². The van der Waals surface area contributed by atoms with Crippen LogP contribution in [0.15, 0.2) is 60.2 Å². The molecule has 1 saturated carbocycles. The molecule has 0 amide bonds. The fourth-order valence-electron chi connectivity index (χ4n) is 4.99. The Labute approximate surface area is 183 Å². The Balaban J connectivity index is 1.14. The molecule has 0 aromatic heterocycles. The summed E-state index contributed by atoms with van der Waals surface area (Å²) < 4.78 is 17.3. The van der Waals surface area contributed by atoms with Gasteiger partial charge in [0.25, 0.3) is 0 Å². The molecule has 2 heterocycles. The fourth-order valence-corrected chi connectivity index (χ4v) is 4.99. The van der Waals surface area contributed by atoms with E-state index in [-0.39, 0.29) is 0 Å². The largest absolute Gasteiger partial charge is 0.509 e. The minimum Gasteiger partial charge on any atom is -0.456 e. The van der Waals surface area contributed by atoms with E-state index in [1.54, 1.807) is 0 Å². The lowest BCUT2D eigenvalue weighted by atomic mass is 9.97. The number of hydrogen-bond donors (Lipinski definition) is 0. The molecular formula is C26H29NO4. The third-order valence-corrected chi connectivity index (χ3v) is 6.68. The molecule has 3 atom stereocenters. The van der Waals surface area contributed by atoms with Crippen molar-refractivity contribution in [2.45, 2.75) is 26.4 Å². The number of allylic oxidation sites excluding steroid dienone is 1. The van der Waals surface area contributed by atoms with Crippen LogP contribution in [0.1, 0.15) is 37.5 Å². The molecule has 2 aromatic carbocycles. The molecule has 0 bridgehead atoms. The molecule has 31 heavy (non-hydrogen) atoms. The van der Waals surface area contributed by atoms with Crippen LogP contribution in [0, 0.1) is 17.8 Å². The van der Waals surface area contributed by atoms with Crippen molar-refractivity contribution in [3.05, 3.63) is 71.3 Å². The van der Waals surface area contributed by atoms with Crippen LogP contribution < -0.4 is 4.74 Å². The average molecular weight is 420 g/mol. The van der Waals surface area contributed by atoms with Gasteiger partial charge in [-0.05, 0) is 44.2 Å². The van der Waals surface area contributed by atoms with Crippen LogP contribution in [-0.2, 0) is 9.47 Å². The van der Waals surface area contributed by atoms with E-state index in [1.165, 1.54) is 5.57 Å². The van der Waals surface area contributed by atoms with Gasteiger partial charge in [-0.2, -0.15) is 0 Å². The summed E-state index contributed by atoms with van der Waals surface area (Å²) in [6.07, 6.45) is 2.29. The number of piperidine rings is 1. The Morgan fingerprint density at radius 1 is 1.03 bits per heavy atom. The van der Waals surface area contributed by atoms with E-state index >= 15 is 0 Å². The third kappa shape index (κ3) is 4.19. The maximum Gasteiger partial charge on any atom is 0.509 e. The summed E-state index contributed by atoms with van der Waals surface area (Å²) in [6, 6.07) is 15.3. The Bertz CT molecular complexity index is 939. The summed E-state index contributed by atoms with van der Waals surface area (Å²) in [6.45, 7) is 8.09. The molecular weight excluding hydrogens is 390 g/mol. The minimum absolute atomic E-state index is 0.447. The van der Waals surface area contributed by atoms with Crippen molar-refractivity contribution < 1.29 is 19.0 Å². The topological polar surface area (TPSA) is 48.0 Å². The SMILES string of the molecule is CC(C)=CCCN1CC2[C@@H](COC(=O)OC3c4ccccc4Oc4ccccc43)[C@@H]2C1. The van der Waals surface area contributed by atoms with Crippen LogP contribution >= 0.6 is 0 Å². The summed E-state index contributed by atoms with van der Waals surface area (Å²) in [5, 5.41) is 0. The van der Waals surface area contributed by atoms with Crippen molar-refractivity contribution in [1.82, 2.24) is 4.90 Å². The van der Waals surface area contributed by atoms with E-state index in [9.17, 15) is 4.79 Å². The maximum absolute atomic E-state index is 12.6. The fraction of sp³-hybridized carbons (Fsp3) is 0.423. The van der Waals surface area contributed by atoms with Crippen molar-refractivity contribution >= 4 is 6.16 Å². The summed E-state index contributed by atoms with van der Waals surface area (Å²) in [5.74, 6) is 3.21. The number of carbonyl (C=O) groups excluding carboxylic acids is 1. The Morgan fingerprint density at radius 2 is 1.65 bits per heavy atom. The number of fused-ring (bicyclic) bond motifs is 3. The smallest absolute Gasteiger partial charge is 0.456 e. The first kappa shape index (κ1) is 20.1. The van der Waals surface area contributed by atoms with E-state index in [2.05, 4.69) is 24.8 Å². The molecule has 1 unspecified atom stereocenters. The number of nitrogens with zero attached hydrogens (tertiary/aromatic N) is 1. The zero-order chi connectivity index (χ0) is 21.4. The Kier molecular flexibility index (Phi) is 5.45. The second kappa shape index (κ2) is 8.39. The van der Waals surface area contributed by atoms with Crippen molar-refractivity contribution in [2.75, 3.05) is 26.2 Å². The lowest BCUT2D eigenvalue weighted by molar-refractivity contribution is 0.0268. The van der Waals surface area contributed by atoms with Gasteiger partial charge in [0, 0.05) is 36.7 Å². The molecule has 0 N–H and O–H groups in total. The highest BCUT2D eigenvalue weighted by Gasteiger charge is 2.55. The lowest BCUT2D eigenvalue weighted by Gasteiger charge is -2.27. The number of hydrogen-bond acceptors (Lipinski definition) is 5. The van der Waals surface area contributed by atoms with E-state index in [0.29, 0.717) is 35.9 Å². The van der Waals surface area contributed by atoms with Gasteiger partial charge in [0.1, 0.15) is 11.5 Å². The highest BCUT2D eigenvalue weighted by atomic mass is 16.7. The summed E-state index contributed by atoms with van der Waals surface area (Å²) in [5.41, 5.74) is 3.06. The van der Waals surface area contributed by atoms with Gasteiger partial charge in [-0.1, -0.05) is 48.0 Å². The summed E-state index contributed by atoms with van der Waals surface area (Å²) in [4.78, 5) is 15.1. The molecule has 5 rings (SSSR count). The molecule has 2 aromatic rings. The first-order valence-corrected chi connectivity index (χ1v) is 11.1. The second-order valence-electron chi connectivity index (χ2n) is 9.06. The predicted octanol–water partition coefficient (Wildman–Crippen LogP) is 5.57. The van der Waals surface area contributed by atoms with Gasteiger partial charge in [0.05, 0.1) is 6.61 Å². The minimum atomic E-state index is -0.609. The van der Waals surface area contributed by atoms with E-state index < -0.39 is 12.3 Å². The first-order valence-electron chi connectivity index (χ1n) is 11.1. The molecule has 2 fully saturated rings. The molecule has 5 heteroatoms. The first-order chi connectivity index (χ1) is 15.1. The van der Waals surface area contributed by atoms with Crippen LogP contribution in [0.25, 0.3) is 0 Å². The predicted molar refractivity (Wildman–Crippen MR) is 118 cm³/mol. The molecule has 162 valence electrons. The summed E-state index contributed by atoms with van der Waals surface area (Å²) >= 11 is 0. The number of carbonyl (C=O) groups is 1. The van der Waals surface area contributed by atoms with Gasteiger partial charge in [-0.15, -0.1) is 0 Å². The average Bonchev–Trinajstić information content (AvgIpc) is 3.22. The molecule has 0 radical (unpaired) electrons. The number of likely N-dealkylation sites (tertiary alicyclic amines) is 1. The van der Waals surface area contributed by atoms with Crippen molar-refractivity contribution in [1.29, 1.82) is 0 Å². The molecule has 1 saturated heterocycles. The summed E-state index contributed by atoms with van der Waals surface area (Å²) in [7, 11) is 0. The van der Waals surface area contributed by atoms with Crippen LogP contribution in [0.2, 0.25) is 0 Å². The van der Waals surface area contributed by atoms with Crippen molar-refractivity contribution in [2.24, 2.45) is 17.8 Å². The van der Waals surface area contributed by atoms with E-state index in [1.807, 2.05) is 48.5 Å². The number of benzene rings is 2. The van der Waals surface area contributed by atoms with Crippen LogP contribution in [0.3, 0.4) is 0 Å². The maximum atomic E-state index is 12.6. The Morgan fingerprint density at radius 3 is 2.26 bits per heavy atom. The number of rotatable bonds is 6. The third-order valence-electron chi connectivity index (χ3n) is 6.68. The van der Waals surface area contributed by atoms with Gasteiger partial charge in [0.15, 0.2) is 6.10 Å². The number of para-hydroxylation sites is 2. The molecule has 0 spiro atoms. The monoisotopic (exact) mass is 419 g/mol. The van der Waals surface area contributed by atoms with Gasteiger partial charge in [0.2, 0.25) is 0 Å². The lowest BCUT2D eigenvalue weighted by Crippen LogP contribution is -2.26. The van der Waals surface area contributed by atoms with Crippen LogP contribution in [0.5, 0.6) is 11.5 Å². The molecule has 1 aliphatic carbocycles. The standard InChI is InChI=1S/C26H29NO4/c1-17(2)8-7-13-27-14-20-21(15-27)22(20)16-29-26(28)31-25-18-9-3-5-11-23(18)30-24-12-6-4-10-19(24)25/h3-6,8-12,20-22,25H,7,13-16H2,1-2H3/t20-,21?,22+/m1/s1. The van der Waals surface area contributed by atoms with Gasteiger partial charge in [-0.25, -0.2) is 4.79 Å². The quantitative estimate of drug-likeness (QED) is 0.453.